The van der Waals surface area contributed by atoms with E-state index in [2.05, 4.69) is 27.9 Å². The summed E-state index contributed by atoms with van der Waals surface area (Å²) in [5, 5.41) is 0. The third-order valence-corrected chi connectivity index (χ3v) is 11.1. The van der Waals surface area contributed by atoms with Crippen LogP contribution in [0.2, 0.25) is 0 Å². The predicted octanol–water partition coefficient (Wildman–Crippen LogP) is 9.38. The standard InChI is InChI=1S/C25H55OP/c1-5-8-11-14-17-20-23-27(26-4,24-21-18-15-12-9-6-2)25-22-19-16-13-10-7-3/h27H,5-25H2,1-4H3. The summed E-state index contributed by atoms with van der Waals surface area (Å²) < 4.78 is 6.36. The summed E-state index contributed by atoms with van der Waals surface area (Å²) in [5.41, 5.74) is 0. The molecule has 0 aliphatic rings. The molecule has 0 aromatic heterocycles. The zero-order chi connectivity index (χ0) is 20.1. The van der Waals surface area contributed by atoms with Crippen LogP contribution in [0.4, 0.5) is 0 Å². The fourth-order valence-corrected chi connectivity index (χ4v) is 8.41. The van der Waals surface area contributed by atoms with Crippen LogP contribution < -0.4 is 0 Å². The second-order valence-corrected chi connectivity index (χ2v) is 13.2. The van der Waals surface area contributed by atoms with Gasteiger partial charge in [-0.3, -0.25) is 0 Å². The Kier molecular flexibility index (Phi) is 21.4. The molecule has 2 heteroatoms. The Morgan fingerprint density at radius 2 is 0.667 bits per heavy atom. The van der Waals surface area contributed by atoms with Crippen molar-refractivity contribution < 1.29 is 4.52 Å². The summed E-state index contributed by atoms with van der Waals surface area (Å²) in [6, 6.07) is 0. The van der Waals surface area contributed by atoms with Crippen LogP contribution >= 0.6 is 7.49 Å². The molecule has 0 aromatic carbocycles. The van der Waals surface area contributed by atoms with E-state index in [0.29, 0.717) is 0 Å². The van der Waals surface area contributed by atoms with Gasteiger partial charge in [-0.1, -0.05) is 0 Å². The van der Waals surface area contributed by atoms with Gasteiger partial charge in [0.1, 0.15) is 0 Å². The SMILES string of the molecule is CCCCCCCC[PH](CCCCCCCC)(CCCCCCCC)OC. The molecule has 0 fully saturated rings. The Balaban J connectivity index is 4.23. The number of hydrogen-bond acceptors (Lipinski definition) is 1. The van der Waals surface area contributed by atoms with Crippen molar-refractivity contribution in [3.05, 3.63) is 0 Å². The van der Waals surface area contributed by atoms with Crippen molar-refractivity contribution >= 4 is 7.49 Å². The van der Waals surface area contributed by atoms with Crippen molar-refractivity contribution in [2.45, 2.75) is 136 Å². The van der Waals surface area contributed by atoms with Crippen LogP contribution in [0, 0.1) is 0 Å². The van der Waals surface area contributed by atoms with Crippen molar-refractivity contribution in [1.29, 1.82) is 0 Å². The Morgan fingerprint density at radius 3 is 0.926 bits per heavy atom. The molecular formula is C25H55OP. The van der Waals surface area contributed by atoms with Crippen LogP contribution in [-0.2, 0) is 4.52 Å². The van der Waals surface area contributed by atoms with Crippen molar-refractivity contribution in [1.82, 2.24) is 0 Å². The van der Waals surface area contributed by atoms with Gasteiger partial charge < -0.3 is 0 Å². The van der Waals surface area contributed by atoms with E-state index in [-0.39, 0.29) is 0 Å². The fourth-order valence-electron chi connectivity index (χ4n) is 4.36. The molecule has 0 unspecified atom stereocenters. The fraction of sp³-hybridized carbons (Fsp3) is 1.00. The molecule has 1 nitrogen and oxygen atoms in total. The summed E-state index contributed by atoms with van der Waals surface area (Å²) in [5.74, 6) is 0. The first-order valence-electron chi connectivity index (χ1n) is 12.8. The van der Waals surface area contributed by atoms with Crippen LogP contribution in [0.5, 0.6) is 0 Å². The molecule has 0 spiro atoms. The summed E-state index contributed by atoms with van der Waals surface area (Å²) in [6.07, 6.45) is 29.8. The van der Waals surface area contributed by atoms with E-state index < -0.39 is 7.49 Å². The number of unbranched alkanes of at least 4 members (excludes halogenated alkanes) is 15. The normalized spacial score (nSPS) is 12.6. The van der Waals surface area contributed by atoms with Gasteiger partial charge in [-0.15, -0.1) is 0 Å². The second kappa shape index (κ2) is 21.1. The topological polar surface area (TPSA) is 9.23 Å². The molecule has 0 saturated heterocycles. The summed E-state index contributed by atoms with van der Waals surface area (Å²) >= 11 is 0. The zero-order valence-corrected chi connectivity index (χ0v) is 20.8. The van der Waals surface area contributed by atoms with Gasteiger partial charge in [-0.2, -0.15) is 0 Å². The Morgan fingerprint density at radius 1 is 0.407 bits per heavy atom. The van der Waals surface area contributed by atoms with Gasteiger partial charge in [0.25, 0.3) is 0 Å². The van der Waals surface area contributed by atoms with Gasteiger partial charge in [0.15, 0.2) is 0 Å². The molecule has 0 radical (unpaired) electrons. The van der Waals surface area contributed by atoms with Crippen molar-refractivity contribution in [3.8, 4) is 0 Å². The number of rotatable bonds is 22. The van der Waals surface area contributed by atoms with E-state index in [1.54, 1.807) is 0 Å². The first-order chi connectivity index (χ1) is 13.2. The molecule has 0 rings (SSSR count). The monoisotopic (exact) mass is 402 g/mol. The summed E-state index contributed by atoms with van der Waals surface area (Å²) in [6.45, 7) is 6.93. The average Bonchev–Trinajstić information content (AvgIpc) is 2.69. The van der Waals surface area contributed by atoms with E-state index in [1.807, 2.05) is 0 Å². The maximum atomic E-state index is 6.36. The summed E-state index contributed by atoms with van der Waals surface area (Å²) in [7, 11) is 0.578. The maximum absolute atomic E-state index is 6.36. The molecule has 27 heavy (non-hydrogen) atoms. The van der Waals surface area contributed by atoms with Gasteiger partial charge in [-0.25, -0.2) is 0 Å². The second-order valence-electron chi connectivity index (χ2n) is 8.94. The molecule has 0 amide bonds. The molecule has 0 aromatic rings. The quantitative estimate of drug-likeness (QED) is 0.129. The van der Waals surface area contributed by atoms with Crippen molar-refractivity contribution in [2.24, 2.45) is 0 Å². The Hall–Kier alpha value is 0.390. The van der Waals surface area contributed by atoms with Crippen LogP contribution in [0.1, 0.15) is 136 Å². The van der Waals surface area contributed by atoms with Gasteiger partial charge in [0, 0.05) is 0 Å². The van der Waals surface area contributed by atoms with Gasteiger partial charge in [0.05, 0.1) is 0 Å². The van der Waals surface area contributed by atoms with Crippen molar-refractivity contribution in [2.75, 3.05) is 25.6 Å². The molecule has 0 atom stereocenters. The predicted molar refractivity (Wildman–Crippen MR) is 130 cm³/mol. The van der Waals surface area contributed by atoms with Crippen LogP contribution in [0.15, 0.2) is 0 Å². The van der Waals surface area contributed by atoms with E-state index in [1.165, 1.54) is 134 Å². The molecule has 0 N–H and O–H groups in total. The van der Waals surface area contributed by atoms with E-state index in [0.717, 1.165) is 0 Å². The molecule has 0 saturated carbocycles. The van der Waals surface area contributed by atoms with Crippen LogP contribution in [0.25, 0.3) is 0 Å². The van der Waals surface area contributed by atoms with E-state index in [9.17, 15) is 0 Å². The first kappa shape index (κ1) is 27.4. The van der Waals surface area contributed by atoms with E-state index in [4.69, 9.17) is 4.52 Å². The third-order valence-electron chi connectivity index (χ3n) is 6.39. The van der Waals surface area contributed by atoms with Crippen molar-refractivity contribution in [3.63, 3.8) is 0 Å². The van der Waals surface area contributed by atoms with Crippen LogP contribution in [0.3, 0.4) is 0 Å². The molecule has 0 bridgehead atoms. The minimum atomic E-state index is -1.47. The zero-order valence-electron chi connectivity index (χ0n) is 19.8. The van der Waals surface area contributed by atoms with Gasteiger partial charge >= 0.3 is 174 Å². The molecule has 0 aliphatic heterocycles. The van der Waals surface area contributed by atoms with Gasteiger partial charge in [0.2, 0.25) is 0 Å². The third kappa shape index (κ3) is 17.0. The first-order valence-corrected chi connectivity index (χ1v) is 15.3. The average molecular weight is 403 g/mol. The van der Waals surface area contributed by atoms with E-state index >= 15 is 0 Å². The molecule has 0 heterocycles. The molecule has 0 aliphatic carbocycles. The van der Waals surface area contributed by atoms with Gasteiger partial charge in [-0.05, 0) is 0 Å². The summed E-state index contributed by atoms with van der Waals surface area (Å²) in [4.78, 5) is 0. The Labute approximate surface area is 174 Å². The van der Waals surface area contributed by atoms with Crippen LogP contribution in [-0.4, -0.2) is 25.6 Å². The molecule has 166 valence electrons. The minimum absolute atomic E-state index is 1.35. The number of hydrogen-bond donors (Lipinski definition) is 0. The Bertz CT molecular complexity index is 239. The molecular weight excluding hydrogens is 347 g/mol.